The molecule has 1 aliphatic carbocycles. The second-order valence-corrected chi connectivity index (χ2v) is 13.1. The molecule has 5 rings (SSSR count). The molecule has 1 amide bonds. The number of aliphatic carboxylic acids is 1. The van der Waals surface area contributed by atoms with Gasteiger partial charge in [0.2, 0.25) is 0 Å². The van der Waals surface area contributed by atoms with Gasteiger partial charge in [-0.1, -0.05) is 94.8 Å². The second-order valence-electron chi connectivity index (χ2n) is 13.1. The van der Waals surface area contributed by atoms with E-state index < -0.39 is 17.9 Å². The molecule has 4 aromatic rings. The third kappa shape index (κ3) is 7.60. The van der Waals surface area contributed by atoms with Gasteiger partial charge in [-0.25, -0.2) is 14.8 Å². The highest BCUT2D eigenvalue weighted by Gasteiger charge is 2.23. The van der Waals surface area contributed by atoms with Crippen LogP contribution in [-0.4, -0.2) is 33.0 Å². The summed E-state index contributed by atoms with van der Waals surface area (Å²) in [5.41, 5.74) is 6.65. The molecule has 0 radical (unpaired) electrons. The maximum Gasteiger partial charge on any atom is 0.326 e. The third-order valence-corrected chi connectivity index (χ3v) is 9.06. The first-order valence-electron chi connectivity index (χ1n) is 15.8. The lowest BCUT2D eigenvalue weighted by Gasteiger charge is -2.28. The van der Waals surface area contributed by atoms with Crippen molar-refractivity contribution in [2.45, 2.75) is 83.6 Å². The molecule has 0 aliphatic heterocycles. The van der Waals surface area contributed by atoms with Crippen molar-refractivity contribution in [2.75, 3.05) is 0 Å². The third-order valence-electron chi connectivity index (χ3n) is 9.06. The number of carbonyl (C=O) groups is 2. The molecule has 6 nitrogen and oxygen atoms in total. The van der Waals surface area contributed by atoms with Crippen LogP contribution < -0.4 is 5.32 Å². The zero-order valence-electron chi connectivity index (χ0n) is 26.2. The zero-order valence-corrected chi connectivity index (χ0v) is 26.2. The molecule has 0 saturated heterocycles. The molecule has 0 spiro atoms. The molecular formula is C38H43N3O3. The van der Waals surface area contributed by atoms with Crippen LogP contribution in [0.2, 0.25) is 0 Å². The highest BCUT2D eigenvalue weighted by Crippen LogP contribution is 2.37. The van der Waals surface area contributed by atoms with Gasteiger partial charge in [-0.2, -0.15) is 0 Å². The number of nitrogens with one attached hydrogen (secondary N) is 1. The molecule has 2 N–H and O–H groups in total. The Labute approximate surface area is 261 Å². The van der Waals surface area contributed by atoms with Gasteiger partial charge in [0.1, 0.15) is 6.04 Å². The Morgan fingerprint density at radius 3 is 1.95 bits per heavy atom. The van der Waals surface area contributed by atoms with Crippen molar-refractivity contribution in [1.82, 2.24) is 15.3 Å². The fraction of sp³-hybridized carbons (Fsp3) is 0.368. The number of hydrogen-bond donors (Lipinski definition) is 2. The smallest absolute Gasteiger partial charge is 0.326 e. The monoisotopic (exact) mass is 589 g/mol. The van der Waals surface area contributed by atoms with Gasteiger partial charge < -0.3 is 10.4 Å². The minimum Gasteiger partial charge on any atom is -0.480 e. The summed E-state index contributed by atoms with van der Waals surface area (Å²) in [4.78, 5) is 34.0. The highest BCUT2D eigenvalue weighted by molar-refractivity contribution is 5.96. The van der Waals surface area contributed by atoms with E-state index in [0.717, 1.165) is 33.7 Å². The van der Waals surface area contributed by atoms with Crippen molar-refractivity contribution in [2.24, 2.45) is 5.92 Å². The Bertz CT molecular complexity index is 1550. The summed E-state index contributed by atoms with van der Waals surface area (Å²) in [5, 5.41) is 12.5. The van der Waals surface area contributed by atoms with E-state index in [1.807, 2.05) is 48.8 Å². The van der Waals surface area contributed by atoms with Crippen LogP contribution in [0.1, 0.15) is 92.8 Å². The Hall–Kier alpha value is -4.32. The summed E-state index contributed by atoms with van der Waals surface area (Å²) < 4.78 is 0. The molecule has 1 fully saturated rings. The normalized spacial score (nSPS) is 17.5. The van der Waals surface area contributed by atoms with Crippen LogP contribution in [0.25, 0.3) is 22.5 Å². The summed E-state index contributed by atoms with van der Waals surface area (Å²) in [7, 11) is 0. The SMILES string of the molecule is CCC1CCC(c2ccc(-c3cnc(-c4ccc(C[C@H](NC(=O)c5ccc(C(C)(C)C)cc5)C(=O)O)cc4)nc3)cc2)CC1. The van der Waals surface area contributed by atoms with E-state index in [2.05, 4.69) is 67.2 Å². The minimum absolute atomic E-state index is 0.0308. The average molecular weight is 590 g/mol. The summed E-state index contributed by atoms with van der Waals surface area (Å²) in [6.07, 6.45) is 10.4. The molecule has 1 atom stereocenters. The zero-order chi connectivity index (χ0) is 31.3. The molecule has 1 saturated carbocycles. The molecule has 1 aliphatic rings. The first-order valence-corrected chi connectivity index (χ1v) is 15.8. The molecule has 0 unspecified atom stereocenters. The summed E-state index contributed by atoms with van der Waals surface area (Å²) in [6, 6.07) is 22.6. The van der Waals surface area contributed by atoms with Crippen LogP contribution in [0, 0.1) is 5.92 Å². The molecule has 3 aromatic carbocycles. The van der Waals surface area contributed by atoms with Crippen molar-refractivity contribution in [1.29, 1.82) is 0 Å². The van der Waals surface area contributed by atoms with E-state index in [0.29, 0.717) is 17.3 Å². The van der Waals surface area contributed by atoms with E-state index in [-0.39, 0.29) is 11.8 Å². The first kappa shape index (κ1) is 31.1. The van der Waals surface area contributed by atoms with Crippen molar-refractivity contribution in [3.8, 4) is 22.5 Å². The summed E-state index contributed by atoms with van der Waals surface area (Å²) in [6.45, 7) is 8.61. The Morgan fingerprint density at radius 1 is 0.818 bits per heavy atom. The standard InChI is InChI=1S/C38H43N3O3/c1-5-25-6-10-27(11-7-25)28-14-16-29(17-15-28)32-23-39-35(40-24-32)30-12-8-26(9-13-30)22-34(37(43)44)41-36(42)31-18-20-33(21-19-31)38(2,3)4/h8-9,12-21,23-25,27,34H,5-7,10-11,22H2,1-4H3,(H,41,42)(H,43,44)/t25?,27?,34-/m0/s1. The van der Waals surface area contributed by atoms with Crippen LogP contribution in [0.5, 0.6) is 0 Å². The van der Waals surface area contributed by atoms with Gasteiger partial charge in [0.15, 0.2) is 5.82 Å². The lowest BCUT2D eigenvalue weighted by Crippen LogP contribution is -2.42. The Balaban J connectivity index is 1.19. The van der Waals surface area contributed by atoms with Crippen LogP contribution in [0.3, 0.4) is 0 Å². The summed E-state index contributed by atoms with van der Waals surface area (Å²) >= 11 is 0. The number of carboxylic acids is 1. The van der Waals surface area contributed by atoms with Gasteiger partial charge in [0.05, 0.1) is 0 Å². The predicted octanol–water partition coefficient (Wildman–Crippen LogP) is 8.22. The maximum absolute atomic E-state index is 12.8. The number of carbonyl (C=O) groups excluding carboxylic acids is 1. The van der Waals surface area contributed by atoms with E-state index in [1.54, 1.807) is 12.1 Å². The van der Waals surface area contributed by atoms with Crippen molar-refractivity contribution in [3.05, 3.63) is 107 Å². The average Bonchev–Trinajstić information content (AvgIpc) is 3.04. The fourth-order valence-electron chi connectivity index (χ4n) is 6.07. The van der Waals surface area contributed by atoms with Crippen molar-refractivity contribution >= 4 is 11.9 Å². The van der Waals surface area contributed by atoms with Crippen LogP contribution >= 0.6 is 0 Å². The maximum atomic E-state index is 12.8. The summed E-state index contributed by atoms with van der Waals surface area (Å²) in [5.74, 6) is 0.683. The second kappa shape index (κ2) is 13.5. The number of rotatable bonds is 9. The molecule has 0 bridgehead atoms. The number of carboxylic acid groups (broad SMARTS) is 1. The van der Waals surface area contributed by atoms with Gasteiger partial charge in [0.25, 0.3) is 5.91 Å². The van der Waals surface area contributed by atoms with E-state index in [4.69, 9.17) is 0 Å². The van der Waals surface area contributed by atoms with Gasteiger partial charge in [0, 0.05) is 35.5 Å². The van der Waals surface area contributed by atoms with Crippen molar-refractivity contribution < 1.29 is 14.7 Å². The lowest BCUT2D eigenvalue weighted by molar-refractivity contribution is -0.139. The van der Waals surface area contributed by atoms with E-state index >= 15 is 0 Å². The number of aromatic nitrogens is 2. The number of nitrogens with zero attached hydrogens (tertiary/aromatic N) is 2. The van der Waals surface area contributed by atoms with E-state index in [9.17, 15) is 14.7 Å². The fourth-order valence-corrected chi connectivity index (χ4v) is 6.07. The number of amides is 1. The highest BCUT2D eigenvalue weighted by atomic mass is 16.4. The molecular weight excluding hydrogens is 546 g/mol. The predicted molar refractivity (Wildman–Crippen MR) is 176 cm³/mol. The molecule has 6 heteroatoms. The number of benzene rings is 3. The van der Waals surface area contributed by atoms with Crippen LogP contribution in [0.15, 0.2) is 85.2 Å². The lowest BCUT2D eigenvalue weighted by atomic mass is 9.78. The number of hydrogen-bond acceptors (Lipinski definition) is 4. The minimum atomic E-state index is -1.08. The largest absolute Gasteiger partial charge is 0.480 e. The Morgan fingerprint density at radius 2 is 1.41 bits per heavy atom. The topological polar surface area (TPSA) is 92.2 Å². The molecule has 1 aromatic heterocycles. The van der Waals surface area contributed by atoms with Crippen LogP contribution in [0.4, 0.5) is 0 Å². The molecule has 228 valence electrons. The van der Waals surface area contributed by atoms with Gasteiger partial charge in [-0.15, -0.1) is 0 Å². The van der Waals surface area contributed by atoms with Gasteiger partial charge >= 0.3 is 5.97 Å². The van der Waals surface area contributed by atoms with E-state index in [1.165, 1.54) is 37.7 Å². The Kier molecular flexibility index (Phi) is 9.58. The molecule has 1 heterocycles. The molecule has 44 heavy (non-hydrogen) atoms. The first-order chi connectivity index (χ1) is 21.1. The van der Waals surface area contributed by atoms with Crippen molar-refractivity contribution in [3.63, 3.8) is 0 Å². The van der Waals surface area contributed by atoms with Crippen LogP contribution in [-0.2, 0) is 16.6 Å². The quantitative estimate of drug-likeness (QED) is 0.205. The van der Waals surface area contributed by atoms with Gasteiger partial charge in [-0.3, -0.25) is 4.79 Å². The van der Waals surface area contributed by atoms with Gasteiger partial charge in [-0.05, 0) is 77.3 Å².